The first-order chi connectivity index (χ1) is 7.95. The smallest absolute Gasteiger partial charge is 0.384 e. The molecule has 0 aliphatic rings. The van der Waals surface area contributed by atoms with Crippen molar-refractivity contribution in [1.82, 2.24) is 0 Å². The van der Waals surface area contributed by atoms with Gasteiger partial charge >= 0.3 is 6.18 Å². The topological polar surface area (TPSA) is 12.0 Å². The van der Waals surface area contributed by atoms with Crippen LogP contribution in [0.2, 0.25) is 0 Å². The van der Waals surface area contributed by atoms with Gasteiger partial charge in [-0.2, -0.15) is 13.2 Å². The Morgan fingerprint density at radius 2 is 2.00 bits per heavy atom. The highest BCUT2D eigenvalue weighted by Gasteiger charge is 2.30. The van der Waals surface area contributed by atoms with Gasteiger partial charge in [0.25, 0.3) is 0 Å². The van der Waals surface area contributed by atoms with Crippen LogP contribution in [-0.2, 0) is 6.18 Å². The van der Waals surface area contributed by atoms with Crippen molar-refractivity contribution in [3.05, 3.63) is 29.3 Å². The number of hydrogen-bond acceptors (Lipinski definition) is 1. The van der Waals surface area contributed by atoms with Gasteiger partial charge in [0.15, 0.2) is 0 Å². The summed E-state index contributed by atoms with van der Waals surface area (Å²) in [5, 5.41) is 2.96. The predicted molar refractivity (Wildman–Crippen MR) is 62.7 cm³/mol. The molecule has 0 saturated carbocycles. The second kappa shape index (κ2) is 5.62. The van der Waals surface area contributed by atoms with E-state index in [0.717, 1.165) is 17.7 Å². The lowest BCUT2D eigenvalue weighted by Crippen LogP contribution is -2.08. The lowest BCUT2D eigenvalue weighted by Gasteiger charge is -2.12. The van der Waals surface area contributed by atoms with E-state index in [1.54, 1.807) is 13.8 Å². The summed E-state index contributed by atoms with van der Waals surface area (Å²) in [7, 11) is 0. The van der Waals surface area contributed by atoms with Crippen LogP contribution in [0.5, 0.6) is 0 Å². The van der Waals surface area contributed by atoms with Crippen molar-refractivity contribution in [2.75, 3.05) is 11.9 Å². The number of anilines is 1. The minimum absolute atomic E-state index is 0.512. The molecule has 4 heteroatoms. The highest BCUT2D eigenvalue weighted by Crippen LogP contribution is 2.31. The van der Waals surface area contributed by atoms with Gasteiger partial charge < -0.3 is 5.32 Å². The minimum Gasteiger partial charge on any atom is -0.384 e. The molecule has 1 aromatic rings. The molecule has 1 rings (SSSR count). The van der Waals surface area contributed by atoms with Crippen molar-refractivity contribution in [3.63, 3.8) is 0 Å². The summed E-state index contributed by atoms with van der Waals surface area (Å²) in [6, 6.07) is 3.69. The third-order valence-electron chi connectivity index (χ3n) is 2.31. The first-order valence-electron chi connectivity index (χ1n) is 5.26. The number of halogens is 3. The van der Waals surface area contributed by atoms with Crippen LogP contribution >= 0.6 is 0 Å². The van der Waals surface area contributed by atoms with Crippen LogP contribution in [0.25, 0.3) is 0 Å². The van der Waals surface area contributed by atoms with Crippen LogP contribution in [-0.4, -0.2) is 6.54 Å². The molecule has 1 aromatic carbocycles. The van der Waals surface area contributed by atoms with E-state index in [1.807, 2.05) is 0 Å². The van der Waals surface area contributed by atoms with E-state index in [4.69, 9.17) is 0 Å². The molecule has 1 N–H and O–H groups in total. The van der Waals surface area contributed by atoms with Gasteiger partial charge in [-0.25, -0.2) is 0 Å². The van der Waals surface area contributed by atoms with Gasteiger partial charge in [0.2, 0.25) is 0 Å². The van der Waals surface area contributed by atoms with E-state index < -0.39 is 11.7 Å². The fourth-order valence-electron chi connectivity index (χ4n) is 1.37. The number of benzene rings is 1. The van der Waals surface area contributed by atoms with Crippen LogP contribution in [0.4, 0.5) is 18.9 Å². The highest BCUT2D eigenvalue weighted by molar-refractivity contribution is 5.53. The molecular weight excluding hydrogens is 227 g/mol. The second-order valence-electron chi connectivity index (χ2n) is 3.63. The van der Waals surface area contributed by atoms with Crippen molar-refractivity contribution in [1.29, 1.82) is 0 Å². The van der Waals surface area contributed by atoms with Gasteiger partial charge in [0, 0.05) is 18.7 Å². The van der Waals surface area contributed by atoms with Gasteiger partial charge in [-0.15, -0.1) is 11.8 Å². The molecule has 0 saturated heterocycles. The monoisotopic (exact) mass is 241 g/mol. The SMILES string of the molecule is CC#CCCNc1cc(C(F)(F)F)ccc1C. The summed E-state index contributed by atoms with van der Waals surface area (Å²) in [5.74, 6) is 5.58. The second-order valence-corrected chi connectivity index (χ2v) is 3.63. The Kier molecular flexibility index (Phi) is 4.45. The molecule has 0 aliphatic heterocycles. The molecule has 17 heavy (non-hydrogen) atoms. The zero-order valence-corrected chi connectivity index (χ0v) is 9.78. The van der Waals surface area contributed by atoms with Crippen LogP contribution in [0.1, 0.15) is 24.5 Å². The van der Waals surface area contributed by atoms with Gasteiger partial charge in [0.05, 0.1) is 5.56 Å². The first kappa shape index (κ1) is 13.4. The van der Waals surface area contributed by atoms with Crippen molar-refractivity contribution in [2.24, 2.45) is 0 Å². The van der Waals surface area contributed by atoms with Crippen LogP contribution < -0.4 is 5.32 Å². The predicted octanol–water partition coefficient (Wildman–Crippen LogP) is 3.84. The maximum absolute atomic E-state index is 12.5. The zero-order chi connectivity index (χ0) is 12.9. The maximum atomic E-state index is 12.5. The van der Waals surface area contributed by atoms with E-state index in [1.165, 1.54) is 6.07 Å². The normalized spacial score (nSPS) is 10.6. The molecule has 0 bridgehead atoms. The fourth-order valence-corrected chi connectivity index (χ4v) is 1.37. The third-order valence-corrected chi connectivity index (χ3v) is 2.31. The molecule has 0 aliphatic carbocycles. The lowest BCUT2D eigenvalue weighted by atomic mass is 10.1. The molecule has 0 spiro atoms. The van der Waals surface area contributed by atoms with Crippen molar-refractivity contribution < 1.29 is 13.2 Å². The van der Waals surface area contributed by atoms with Crippen LogP contribution in [0, 0.1) is 18.8 Å². The summed E-state index contributed by atoms with van der Waals surface area (Å²) < 4.78 is 37.5. The molecular formula is C13H14F3N. The molecule has 0 amide bonds. The number of aryl methyl sites for hydroxylation is 1. The van der Waals surface area contributed by atoms with E-state index in [0.29, 0.717) is 18.7 Å². The molecule has 0 aromatic heterocycles. The minimum atomic E-state index is -4.30. The van der Waals surface area contributed by atoms with Gasteiger partial charge in [0.1, 0.15) is 0 Å². The van der Waals surface area contributed by atoms with E-state index >= 15 is 0 Å². The zero-order valence-electron chi connectivity index (χ0n) is 9.78. The summed E-state index contributed by atoms with van der Waals surface area (Å²) in [4.78, 5) is 0. The number of rotatable bonds is 3. The Bertz CT molecular complexity index is 438. The van der Waals surface area contributed by atoms with E-state index in [-0.39, 0.29) is 0 Å². The molecule has 1 nitrogen and oxygen atoms in total. The maximum Gasteiger partial charge on any atom is 0.416 e. The Hall–Kier alpha value is -1.63. The number of nitrogens with one attached hydrogen (secondary N) is 1. The summed E-state index contributed by atoms with van der Waals surface area (Å²) in [5.41, 5.74) is 0.673. The first-order valence-corrected chi connectivity index (χ1v) is 5.26. The number of alkyl halides is 3. The quantitative estimate of drug-likeness (QED) is 0.626. The largest absolute Gasteiger partial charge is 0.416 e. The Labute approximate surface area is 99.0 Å². The Morgan fingerprint density at radius 1 is 1.29 bits per heavy atom. The molecule has 0 heterocycles. The fraction of sp³-hybridized carbons (Fsp3) is 0.385. The lowest BCUT2D eigenvalue weighted by molar-refractivity contribution is -0.137. The summed E-state index contributed by atoms with van der Waals surface area (Å²) in [6.45, 7) is 4.05. The molecule has 92 valence electrons. The van der Waals surface area contributed by atoms with Gasteiger partial charge in [-0.3, -0.25) is 0 Å². The summed E-state index contributed by atoms with van der Waals surface area (Å²) in [6.07, 6.45) is -3.68. The third kappa shape index (κ3) is 4.03. The number of hydrogen-bond donors (Lipinski definition) is 1. The van der Waals surface area contributed by atoms with Crippen molar-refractivity contribution in [3.8, 4) is 11.8 Å². The molecule has 0 fully saturated rings. The Morgan fingerprint density at radius 3 is 2.59 bits per heavy atom. The van der Waals surface area contributed by atoms with Crippen LogP contribution in [0.15, 0.2) is 18.2 Å². The van der Waals surface area contributed by atoms with E-state index in [9.17, 15) is 13.2 Å². The average Bonchev–Trinajstić information content (AvgIpc) is 2.25. The molecule has 0 atom stereocenters. The summed E-state index contributed by atoms with van der Waals surface area (Å²) >= 11 is 0. The van der Waals surface area contributed by atoms with Gasteiger partial charge in [-0.1, -0.05) is 6.07 Å². The average molecular weight is 241 g/mol. The molecule has 0 unspecified atom stereocenters. The van der Waals surface area contributed by atoms with Crippen molar-refractivity contribution in [2.45, 2.75) is 26.4 Å². The standard InChI is InChI=1S/C13H14F3N/c1-3-4-5-8-17-12-9-11(13(14,15)16)7-6-10(12)2/h6-7,9,17H,5,8H2,1-2H3. The van der Waals surface area contributed by atoms with Gasteiger partial charge in [-0.05, 0) is 31.5 Å². The molecule has 0 radical (unpaired) electrons. The Balaban J connectivity index is 2.79. The highest BCUT2D eigenvalue weighted by atomic mass is 19.4. The van der Waals surface area contributed by atoms with Crippen molar-refractivity contribution >= 4 is 5.69 Å². The van der Waals surface area contributed by atoms with E-state index in [2.05, 4.69) is 17.2 Å². The van der Waals surface area contributed by atoms with Crippen LogP contribution in [0.3, 0.4) is 0 Å².